The molecule has 1 unspecified atom stereocenters. The fourth-order valence-electron chi connectivity index (χ4n) is 2.42. The van der Waals surface area contributed by atoms with E-state index < -0.39 is 23.3 Å². The lowest BCUT2D eigenvalue weighted by atomic mass is 10.00. The molecule has 1 N–H and O–H groups in total. The van der Waals surface area contributed by atoms with Gasteiger partial charge in [-0.3, -0.25) is 4.79 Å². The molecule has 1 amide bonds. The van der Waals surface area contributed by atoms with Gasteiger partial charge < -0.3 is 5.32 Å². The van der Waals surface area contributed by atoms with Crippen LogP contribution in [-0.4, -0.2) is 26.0 Å². The Morgan fingerprint density at radius 2 is 2.19 bits per heavy atom. The lowest BCUT2D eigenvalue weighted by Crippen LogP contribution is -2.44. The van der Waals surface area contributed by atoms with Crippen LogP contribution in [0.1, 0.15) is 36.3 Å². The lowest BCUT2D eigenvalue weighted by molar-refractivity contribution is -0.142. The normalized spacial score (nSPS) is 13.9. The minimum atomic E-state index is -4.66. The van der Waals surface area contributed by atoms with Crippen LogP contribution in [0, 0.1) is 12.3 Å². The Morgan fingerprint density at radius 3 is 2.74 bits per heavy atom. The zero-order valence-corrected chi connectivity index (χ0v) is 15.3. The van der Waals surface area contributed by atoms with Crippen LogP contribution in [0.15, 0.2) is 29.8 Å². The molecular weight excluding hydrogens is 377 g/mol. The largest absolute Gasteiger partial charge is 0.433 e. The molecule has 0 fully saturated rings. The minimum absolute atomic E-state index is 0.0752. The van der Waals surface area contributed by atoms with E-state index in [1.807, 2.05) is 0 Å². The highest BCUT2D eigenvalue weighted by Crippen LogP contribution is 2.33. The van der Waals surface area contributed by atoms with Crippen LogP contribution in [0.2, 0.25) is 0 Å². The van der Waals surface area contributed by atoms with Gasteiger partial charge in [0.15, 0.2) is 11.3 Å². The van der Waals surface area contributed by atoms with Gasteiger partial charge in [-0.15, -0.1) is 17.8 Å². The first kappa shape index (κ1) is 18.9. The number of hydrogen-bond donors (Lipinski definition) is 1. The third kappa shape index (κ3) is 3.53. The number of terminal acetylenes is 1. The van der Waals surface area contributed by atoms with E-state index >= 15 is 0 Å². The number of thiophene rings is 1. The number of carbonyl (C=O) groups excluding carboxylic acids is 1. The number of alkyl halides is 3. The van der Waals surface area contributed by atoms with Gasteiger partial charge >= 0.3 is 6.18 Å². The van der Waals surface area contributed by atoms with Gasteiger partial charge in [-0.25, -0.2) is 9.50 Å². The number of hydrogen-bond acceptors (Lipinski definition) is 4. The Labute approximate surface area is 157 Å². The molecule has 0 saturated carbocycles. The first-order valence-electron chi connectivity index (χ1n) is 7.98. The van der Waals surface area contributed by atoms with Crippen molar-refractivity contribution in [1.29, 1.82) is 0 Å². The highest BCUT2D eigenvalue weighted by molar-refractivity contribution is 7.13. The van der Waals surface area contributed by atoms with Crippen molar-refractivity contribution < 1.29 is 18.0 Å². The predicted molar refractivity (Wildman–Crippen MR) is 96.3 cm³/mol. The first-order chi connectivity index (χ1) is 12.7. The maximum atomic E-state index is 13.5. The summed E-state index contributed by atoms with van der Waals surface area (Å²) >= 11 is 1.25. The van der Waals surface area contributed by atoms with E-state index in [2.05, 4.69) is 21.3 Å². The summed E-state index contributed by atoms with van der Waals surface area (Å²) in [6.45, 7) is 3.45. The number of amides is 1. The summed E-state index contributed by atoms with van der Waals surface area (Å²) in [5.74, 6) is 1.85. The maximum Gasteiger partial charge on any atom is 0.433 e. The van der Waals surface area contributed by atoms with Crippen molar-refractivity contribution in [3.63, 3.8) is 0 Å². The van der Waals surface area contributed by atoms with Crippen molar-refractivity contribution in [3.8, 4) is 22.9 Å². The Hall–Kier alpha value is -2.86. The van der Waals surface area contributed by atoms with E-state index in [4.69, 9.17) is 6.42 Å². The zero-order chi connectivity index (χ0) is 19.8. The Morgan fingerprint density at radius 1 is 1.44 bits per heavy atom. The molecule has 5 nitrogen and oxygen atoms in total. The van der Waals surface area contributed by atoms with E-state index in [9.17, 15) is 18.0 Å². The van der Waals surface area contributed by atoms with Gasteiger partial charge in [0.1, 0.15) is 5.56 Å². The number of fused-ring (bicyclic) bond motifs is 1. The van der Waals surface area contributed by atoms with Crippen LogP contribution in [0.25, 0.3) is 16.2 Å². The van der Waals surface area contributed by atoms with Gasteiger partial charge in [0.25, 0.3) is 5.91 Å². The molecule has 3 heterocycles. The smallest absolute Gasteiger partial charge is 0.336 e. The molecule has 9 heteroatoms. The topological polar surface area (TPSA) is 59.3 Å². The summed E-state index contributed by atoms with van der Waals surface area (Å²) in [6.07, 6.45) is 2.31. The average molecular weight is 392 g/mol. The van der Waals surface area contributed by atoms with Crippen LogP contribution >= 0.6 is 11.3 Å². The van der Waals surface area contributed by atoms with Crippen molar-refractivity contribution in [3.05, 3.63) is 41.0 Å². The maximum absolute atomic E-state index is 13.5. The summed E-state index contributed by atoms with van der Waals surface area (Å²) in [5, 5.41) is 8.12. The van der Waals surface area contributed by atoms with E-state index in [0.29, 0.717) is 15.8 Å². The van der Waals surface area contributed by atoms with E-state index in [1.165, 1.54) is 11.3 Å². The second kappa shape index (κ2) is 6.70. The average Bonchev–Trinajstić information content (AvgIpc) is 3.29. The SMILES string of the molecule is C#CC(C)(CC)NC(=O)c1cnn2c(C(F)(F)F)cc(-c3cccs3)nc12. The Kier molecular flexibility index (Phi) is 4.70. The number of carbonyl (C=O) groups is 1. The van der Waals surface area contributed by atoms with Crippen LogP contribution in [0.4, 0.5) is 13.2 Å². The first-order valence-corrected chi connectivity index (χ1v) is 8.86. The third-order valence-electron chi connectivity index (χ3n) is 4.20. The monoisotopic (exact) mass is 392 g/mol. The van der Waals surface area contributed by atoms with Gasteiger partial charge in [0, 0.05) is 0 Å². The van der Waals surface area contributed by atoms with Crippen molar-refractivity contribution in [2.45, 2.75) is 32.0 Å². The quantitative estimate of drug-likeness (QED) is 0.683. The highest BCUT2D eigenvalue weighted by Gasteiger charge is 2.36. The van der Waals surface area contributed by atoms with Gasteiger partial charge in [-0.05, 0) is 30.9 Å². The van der Waals surface area contributed by atoms with Gasteiger partial charge in [0.2, 0.25) is 0 Å². The molecule has 0 aliphatic rings. The molecular formula is C18H15F3N4OS. The number of nitrogens with one attached hydrogen (secondary N) is 1. The van der Waals surface area contributed by atoms with Crippen molar-refractivity contribution in [1.82, 2.24) is 19.9 Å². The van der Waals surface area contributed by atoms with Crippen LogP contribution < -0.4 is 5.32 Å². The predicted octanol–water partition coefficient (Wildman–Crippen LogP) is 4.01. The van der Waals surface area contributed by atoms with Crippen LogP contribution in [-0.2, 0) is 6.18 Å². The van der Waals surface area contributed by atoms with Gasteiger partial charge in [0.05, 0.1) is 22.3 Å². The molecule has 0 radical (unpaired) electrons. The number of aromatic nitrogens is 3. The van der Waals surface area contributed by atoms with E-state index in [-0.39, 0.29) is 16.9 Å². The van der Waals surface area contributed by atoms with E-state index in [1.54, 1.807) is 31.4 Å². The van der Waals surface area contributed by atoms with Crippen LogP contribution in [0.5, 0.6) is 0 Å². The van der Waals surface area contributed by atoms with Gasteiger partial charge in [-0.2, -0.15) is 18.3 Å². The minimum Gasteiger partial charge on any atom is -0.336 e. The second-order valence-corrected chi connectivity index (χ2v) is 7.03. The molecule has 0 aromatic carbocycles. The Bertz CT molecular complexity index is 1030. The summed E-state index contributed by atoms with van der Waals surface area (Å²) in [6, 6.07) is 4.29. The standard InChI is InChI=1S/C18H15F3N4OS/c1-4-17(3,5-2)24-16(26)11-10-22-25-14(18(19,20)21)9-12(23-15(11)25)13-7-6-8-27-13/h1,6-10H,5H2,2-3H3,(H,24,26). The molecule has 0 bridgehead atoms. The lowest BCUT2D eigenvalue weighted by Gasteiger charge is -2.22. The molecule has 0 spiro atoms. The summed E-state index contributed by atoms with van der Waals surface area (Å²) in [7, 11) is 0. The third-order valence-corrected chi connectivity index (χ3v) is 5.09. The molecule has 3 rings (SSSR count). The molecule has 3 aromatic heterocycles. The molecule has 0 saturated heterocycles. The van der Waals surface area contributed by atoms with Crippen molar-refractivity contribution in [2.24, 2.45) is 0 Å². The summed E-state index contributed by atoms with van der Waals surface area (Å²) < 4.78 is 41.2. The molecule has 0 aliphatic heterocycles. The van der Waals surface area contributed by atoms with Crippen molar-refractivity contribution >= 4 is 22.9 Å². The van der Waals surface area contributed by atoms with Gasteiger partial charge in [-0.1, -0.05) is 18.9 Å². The molecule has 3 aromatic rings. The van der Waals surface area contributed by atoms with Crippen molar-refractivity contribution in [2.75, 3.05) is 0 Å². The highest BCUT2D eigenvalue weighted by atomic mass is 32.1. The van der Waals surface area contributed by atoms with E-state index in [0.717, 1.165) is 12.3 Å². The molecule has 140 valence electrons. The fraction of sp³-hybridized carbons (Fsp3) is 0.278. The number of rotatable bonds is 4. The molecule has 1 atom stereocenters. The summed E-state index contributed by atoms with van der Waals surface area (Å²) in [5.41, 5.74) is -2.07. The zero-order valence-electron chi connectivity index (χ0n) is 14.5. The second-order valence-electron chi connectivity index (χ2n) is 6.08. The molecule has 27 heavy (non-hydrogen) atoms. The molecule has 0 aliphatic carbocycles. The summed E-state index contributed by atoms with van der Waals surface area (Å²) in [4.78, 5) is 17.4. The fourth-order valence-corrected chi connectivity index (χ4v) is 3.11. The number of nitrogens with zero attached hydrogens (tertiary/aromatic N) is 3. The Balaban J connectivity index is 2.18. The van der Waals surface area contributed by atoms with Crippen LogP contribution in [0.3, 0.4) is 0 Å². The number of halogens is 3.